The molecule has 0 aromatic heterocycles. The Morgan fingerprint density at radius 1 is 0.763 bits per heavy atom. The van der Waals surface area contributed by atoms with E-state index >= 15 is 0 Å². The zero-order valence-electron chi connectivity index (χ0n) is 20.4. The lowest BCUT2D eigenvalue weighted by molar-refractivity contribution is -0.121. The van der Waals surface area contributed by atoms with E-state index in [4.69, 9.17) is 14.2 Å². The van der Waals surface area contributed by atoms with Crippen molar-refractivity contribution in [1.29, 1.82) is 0 Å². The standard InChI is InChI=1S/C30H23N3O5/c1-18(19-10-13-21(14-11-19)31-29(34)20-12-15-26-27(16-20)37-17-36-26)32-33-30(35)28-22-6-2-4-8-24(22)38-25-9-5-3-7-23(25)28/h2-16,28H,17H2,1H3,(H,31,34)(H,33,35)/b32-18+. The number of nitrogens with zero attached hydrogens (tertiary/aromatic N) is 1. The highest BCUT2D eigenvalue weighted by atomic mass is 16.7. The normalized spacial score (nSPS) is 13.7. The van der Waals surface area contributed by atoms with Crippen molar-refractivity contribution >= 4 is 23.2 Å². The van der Waals surface area contributed by atoms with E-state index in [2.05, 4.69) is 15.8 Å². The van der Waals surface area contributed by atoms with E-state index in [1.807, 2.05) is 67.6 Å². The first-order valence-corrected chi connectivity index (χ1v) is 12.1. The second-order valence-electron chi connectivity index (χ2n) is 8.88. The Morgan fingerprint density at radius 2 is 1.39 bits per heavy atom. The van der Waals surface area contributed by atoms with Crippen LogP contribution in [0.1, 0.15) is 39.9 Å². The van der Waals surface area contributed by atoms with Crippen molar-refractivity contribution in [3.05, 3.63) is 113 Å². The molecule has 0 unspecified atom stereocenters. The number of hydrogen-bond acceptors (Lipinski definition) is 6. The average molecular weight is 506 g/mol. The van der Waals surface area contributed by atoms with Crippen LogP contribution in [0.2, 0.25) is 0 Å². The van der Waals surface area contributed by atoms with Crippen LogP contribution in [0, 0.1) is 0 Å². The molecule has 38 heavy (non-hydrogen) atoms. The number of hydrogen-bond donors (Lipinski definition) is 2. The smallest absolute Gasteiger partial charge is 0.255 e. The zero-order valence-corrected chi connectivity index (χ0v) is 20.4. The van der Waals surface area contributed by atoms with Crippen molar-refractivity contribution in [2.24, 2.45) is 5.10 Å². The van der Waals surface area contributed by atoms with Gasteiger partial charge in [-0.25, -0.2) is 5.43 Å². The molecule has 0 saturated carbocycles. The topological polar surface area (TPSA) is 98.2 Å². The van der Waals surface area contributed by atoms with Gasteiger partial charge in [0.05, 0.1) is 11.6 Å². The van der Waals surface area contributed by atoms with E-state index in [9.17, 15) is 9.59 Å². The van der Waals surface area contributed by atoms with E-state index in [-0.39, 0.29) is 18.6 Å². The summed E-state index contributed by atoms with van der Waals surface area (Å²) in [6.07, 6.45) is 0. The molecule has 0 fully saturated rings. The maximum absolute atomic E-state index is 13.3. The number of ether oxygens (including phenoxy) is 3. The molecule has 2 aliphatic heterocycles. The molecule has 0 saturated heterocycles. The minimum atomic E-state index is -0.540. The van der Waals surface area contributed by atoms with Crippen LogP contribution in [0.4, 0.5) is 5.69 Å². The predicted octanol–water partition coefficient (Wildman–Crippen LogP) is 5.45. The van der Waals surface area contributed by atoms with Gasteiger partial charge in [-0.2, -0.15) is 5.10 Å². The van der Waals surface area contributed by atoms with Crippen molar-refractivity contribution < 1.29 is 23.8 Å². The average Bonchev–Trinajstić information content (AvgIpc) is 3.43. The Bertz CT molecular complexity index is 1530. The van der Waals surface area contributed by atoms with Gasteiger partial charge in [0.25, 0.3) is 11.8 Å². The Labute approximate surface area is 218 Å². The van der Waals surface area contributed by atoms with Crippen LogP contribution >= 0.6 is 0 Å². The van der Waals surface area contributed by atoms with Gasteiger partial charge >= 0.3 is 0 Å². The number of hydrazone groups is 1. The van der Waals surface area contributed by atoms with Gasteiger partial charge in [0.2, 0.25) is 6.79 Å². The third kappa shape index (κ3) is 4.43. The summed E-state index contributed by atoms with van der Waals surface area (Å²) in [5.41, 5.74) is 6.83. The lowest BCUT2D eigenvalue weighted by atomic mass is 9.87. The molecule has 2 heterocycles. The summed E-state index contributed by atoms with van der Waals surface area (Å²) in [7, 11) is 0. The van der Waals surface area contributed by atoms with E-state index < -0.39 is 5.92 Å². The number of anilines is 1. The van der Waals surface area contributed by atoms with Crippen LogP contribution in [0.25, 0.3) is 0 Å². The van der Waals surface area contributed by atoms with Gasteiger partial charge in [0.15, 0.2) is 11.5 Å². The molecule has 4 aromatic rings. The predicted molar refractivity (Wildman–Crippen MR) is 142 cm³/mol. The third-order valence-corrected chi connectivity index (χ3v) is 6.47. The van der Waals surface area contributed by atoms with Crippen LogP contribution < -0.4 is 25.0 Å². The molecule has 188 valence electrons. The molecule has 0 atom stereocenters. The minimum Gasteiger partial charge on any atom is -0.457 e. The molecule has 4 aromatic carbocycles. The summed E-state index contributed by atoms with van der Waals surface area (Å²) in [5.74, 6) is 1.44. The maximum Gasteiger partial charge on any atom is 0.255 e. The molecule has 0 aliphatic carbocycles. The highest BCUT2D eigenvalue weighted by Gasteiger charge is 2.32. The third-order valence-electron chi connectivity index (χ3n) is 6.47. The lowest BCUT2D eigenvalue weighted by Gasteiger charge is -2.26. The fourth-order valence-corrected chi connectivity index (χ4v) is 4.50. The Morgan fingerprint density at radius 3 is 2.11 bits per heavy atom. The number of fused-ring (bicyclic) bond motifs is 3. The summed E-state index contributed by atoms with van der Waals surface area (Å²) < 4.78 is 16.6. The van der Waals surface area contributed by atoms with Gasteiger partial charge in [-0.15, -0.1) is 0 Å². The molecule has 2 amide bonds. The minimum absolute atomic E-state index is 0.152. The van der Waals surface area contributed by atoms with Crippen molar-refractivity contribution in [1.82, 2.24) is 5.43 Å². The molecule has 0 spiro atoms. The number of amides is 2. The quantitative estimate of drug-likeness (QED) is 0.278. The first-order valence-electron chi connectivity index (χ1n) is 12.1. The van der Waals surface area contributed by atoms with Crippen LogP contribution in [-0.4, -0.2) is 24.3 Å². The maximum atomic E-state index is 13.3. The molecule has 6 rings (SSSR count). The van der Waals surface area contributed by atoms with Crippen LogP contribution in [0.5, 0.6) is 23.0 Å². The highest BCUT2D eigenvalue weighted by Crippen LogP contribution is 2.43. The zero-order chi connectivity index (χ0) is 26.1. The van der Waals surface area contributed by atoms with Gasteiger partial charge < -0.3 is 19.5 Å². The van der Waals surface area contributed by atoms with E-state index in [0.29, 0.717) is 40.0 Å². The van der Waals surface area contributed by atoms with Crippen LogP contribution in [0.3, 0.4) is 0 Å². The fraction of sp³-hybridized carbons (Fsp3) is 0.100. The molecular formula is C30H23N3O5. The SMILES string of the molecule is C/C(=N\NC(=O)C1c2ccccc2Oc2ccccc21)c1ccc(NC(=O)c2ccc3c(c2)OCO3)cc1. The summed E-state index contributed by atoms with van der Waals surface area (Å²) in [6, 6.07) is 27.3. The summed E-state index contributed by atoms with van der Waals surface area (Å²) >= 11 is 0. The number of nitrogens with one attached hydrogen (secondary N) is 2. The second-order valence-corrected chi connectivity index (χ2v) is 8.88. The Hall–Kier alpha value is -5.11. The number of para-hydroxylation sites is 2. The van der Waals surface area contributed by atoms with Gasteiger partial charge in [-0.1, -0.05) is 48.5 Å². The first kappa shape index (κ1) is 23.3. The lowest BCUT2D eigenvalue weighted by Crippen LogP contribution is -2.29. The molecule has 2 N–H and O–H groups in total. The molecule has 8 nitrogen and oxygen atoms in total. The number of carbonyl (C=O) groups excluding carboxylic acids is 2. The van der Waals surface area contributed by atoms with E-state index in [1.165, 1.54) is 0 Å². The van der Waals surface area contributed by atoms with Gasteiger partial charge in [0, 0.05) is 22.4 Å². The van der Waals surface area contributed by atoms with Gasteiger partial charge in [0.1, 0.15) is 11.5 Å². The molecule has 8 heteroatoms. The highest BCUT2D eigenvalue weighted by molar-refractivity contribution is 6.05. The monoisotopic (exact) mass is 505 g/mol. The first-order chi connectivity index (χ1) is 18.6. The van der Waals surface area contributed by atoms with Crippen molar-refractivity contribution in [2.45, 2.75) is 12.8 Å². The molecule has 0 radical (unpaired) electrons. The number of benzene rings is 4. The molecular weight excluding hydrogens is 482 g/mol. The van der Waals surface area contributed by atoms with Gasteiger partial charge in [-0.3, -0.25) is 9.59 Å². The Balaban J connectivity index is 1.14. The molecule has 2 aliphatic rings. The van der Waals surface area contributed by atoms with E-state index in [0.717, 1.165) is 16.7 Å². The van der Waals surface area contributed by atoms with Gasteiger partial charge in [-0.05, 0) is 55.0 Å². The van der Waals surface area contributed by atoms with Crippen molar-refractivity contribution in [2.75, 3.05) is 12.1 Å². The van der Waals surface area contributed by atoms with Crippen LogP contribution in [0.15, 0.2) is 96.1 Å². The van der Waals surface area contributed by atoms with Crippen molar-refractivity contribution in [3.8, 4) is 23.0 Å². The fourth-order valence-electron chi connectivity index (χ4n) is 4.50. The summed E-state index contributed by atoms with van der Waals surface area (Å²) in [4.78, 5) is 26.0. The van der Waals surface area contributed by atoms with Crippen LogP contribution in [-0.2, 0) is 4.79 Å². The summed E-state index contributed by atoms with van der Waals surface area (Å²) in [6.45, 7) is 1.96. The largest absolute Gasteiger partial charge is 0.457 e. The Kier molecular flexibility index (Phi) is 5.97. The van der Waals surface area contributed by atoms with E-state index in [1.54, 1.807) is 30.3 Å². The second kappa shape index (κ2) is 9.74. The number of rotatable bonds is 5. The van der Waals surface area contributed by atoms with Crippen molar-refractivity contribution in [3.63, 3.8) is 0 Å². The molecule has 0 bridgehead atoms. The number of carbonyl (C=O) groups is 2. The summed E-state index contributed by atoms with van der Waals surface area (Å²) in [5, 5.41) is 7.22.